The van der Waals surface area contributed by atoms with Crippen molar-refractivity contribution in [1.29, 1.82) is 0 Å². The number of rotatable bonds is 4. The number of likely N-dealkylation sites (N-methyl/N-ethyl adjacent to an activating group) is 1. The number of carbonyl (C=O) groups is 1. The molecule has 4 heteroatoms. The first-order valence-electron chi connectivity index (χ1n) is 5.94. The van der Waals surface area contributed by atoms with E-state index in [2.05, 4.69) is 26.1 Å². The predicted octanol–water partition coefficient (Wildman–Crippen LogP) is 2.45. The number of benzene rings is 1. The Morgan fingerprint density at radius 1 is 1.41 bits per heavy atom. The maximum absolute atomic E-state index is 11.7. The zero-order valence-corrected chi connectivity index (χ0v) is 11.6. The van der Waals surface area contributed by atoms with Crippen molar-refractivity contribution in [3.8, 4) is 0 Å². The van der Waals surface area contributed by atoms with Crippen LogP contribution in [0.15, 0.2) is 22.7 Å². The van der Waals surface area contributed by atoms with E-state index in [1.165, 1.54) is 18.5 Å². The molecule has 0 aliphatic carbocycles. The highest BCUT2D eigenvalue weighted by atomic mass is 79.9. The lowest BCUT2D eigenvalue weighted by Gasteiger charge is -2.19. The van der Waals surface area contributed by atoms with Crippen molar-refractivity contribution < 1.29 is 4.79 Å². The second-order valence-corrected chi connectivity index (χ2v) is 5.17. The molecule has 17 heavy (non-hydrogen) atoms. The molecule has 1 saturated heterocycles. The number of ketones is 1. The Kier molecular flexibility index (Phi) is 4.18. The first-order chi connectivity index (χ1) is 8.22. The van der Waals surface area contributed by atoms with Crippen LogP contribution in [0.4, 0.5) is 5.69 Å². The van der Waals surface area contributed by atoms with Crippen LogP contribution in [0.3, 0.4) is 0 Å². The highest BCUT2D eigenvalue weighted by Gasteiger charge is 2.16. The lowest BCUT2D eigenvalue weighted by Crippen LogP contribution is -2.20. The average molecular weight is 297 g/mol. The highest BCUT2D eigenvalue weighted by Crippen LogP contribution is 2.29. The van der Waals surface area contributed by atoms with Crippen molar-refractivity contribution in [1.82, 2.24) is 5.32 Å². The van der Waals surface area contributed by atoms with Crippen LogP contribution in [0.1, 0.15) is 23.2 Å². The second kappa shape index (κ2) is 5.65. The van der Waals surface area contributed by atoms with Crippen LogP contribution in [0.25, 0.3) is 0 Å². The minimum atomic E-state index is 0.126. The van der Waals surface area contributed by atoms with Crippen LogP contribution in [0.5, 0.6) is 0 Å². The summed E-state index contributed by atoms with van der Waals surface area (Å²) in [6.45, 7) is 2.61. The first kappa shape index (κ1) is 12.6. The molecule has 1 aromatic carbocycles. The van der Waals surface area contributed by atoms with Gasteiger partial charge in [0.2, 0.25) is 0 Å². The lowest BCUT2D eigenvalue weighted by molar-refractivity contribution is 0.0993. The molecule has 0 aromatic heterocycles. The molecule has 92 valence electrons. The number of hydrogen-bond acceptors (Lipinski definition) is 3. The fourth-order valence-electron chi connectivity index (χ4n) is 2.16. The molecule has 0 amide bonds. The molecule has 1 aliphatic rings. The van der Waals surface area contributed by atoms with Crippen molar-refractivity contribution >= 4 is 27.4 Å². The molecule has 1 aliphatic heterocycles. The van der Waals surface area contributed by atoms with Crippen LogP contribution in [0, 0.1) is 0 Å². The summed E-state index contributed by atoms with van der Waals surface area (Å²) in [5.74, 6) is 0.126. The third kappa shape index (κ3) is 2.87. The highest BCUT2D eigenvalue weighted by molar-refractivity contribution is 9.10. The Morgan fingerprint density at radius 2 is 2.12 bits per heavy atom. The summed E-state index contributed by atoms with van der Waals surface area (Å²) in [4.78, 5) is 14.1. The fraction of sp³-hybridized carbons (Fsp3) is 0.462. The van der Waals surface area contributed by atoms with Crippen molar-refractivity contribution in [3.63, 3.8) is 0 Å². The van der Waals surface area contributed by atoms with E-state index in [1.807, 2.05) is 18.2 Å². The summed E-state index contributed by atoms with van der Waals surface area (Å²) in [6.07, 6.45) is 2.51. The second-order valence-electron chi connectivity index (χ2n) is 4.31. The number of carbonyl (C=O) groups excluding carboxylic acids is 1. The molecule has 0 unspecified atom stereocenters. The molecule has 0 bridgehead atoms. The van der Waals surface area contributed by atoms with Gasteiger partial charge in [-0.3, -0.25) is 4.79 Å². The van der Waals surface area contributed by atoms with Crippen LogP contribution in [-0.2, 0) is 0 Å². The summed E-state index contributed by atoms with van der Waals surface area (Å²) in [7, 11) is 1.78. The van der Waals surface area contributed by atoms with Crippen molar-refractivity contribution in [3.05, 3.63) is 28.2 Å². The maximum Gasteiger partial charge on any atom is 0.176 e. The standard InChI is InChI=1S/C13H17BrN2O/c1-15-9-13(17)10-4-5-12(11(14)8-10)16-6-2-3-7-16/h4-5,8,15H,2-3,6-7,9H2,1H3. The van der Waals surface area contributed by atoms with E-state index in [9.17, 15) is 4.79 Å². The molecule has 0 radical (unpaired) electrons. The van der Waals surface area contributed by atoms with Gasteiger partial charge in [0.1, 0.15) is 0 Å². The number of Topliss-reactive ketones (excluding diaryl/α,β-unsaturated/α-hetero) is 1. The molecule has 1 fully saturated rings. The molecule has 0 atom stereocenters. The van der Waals surface area contributed by atoms with Gasteiger partial charge in [-0.05, 0) is 54.0 Å². The molecule has 1 heterocycles. The van der Waals surface area contributed by atoms with Gasteiger partial charge in [0.15, 0.2) is 5.78 Å². The summed E-state index contributed by atoms with van der Waals surface area (Å²) in [6, 6.07) is 5.88. The monoisotopic (exact) mass is 296 g/mol. The number of anilines is 1. The number of hydrogen-bond donors (Lipinski definition) is 1. The van der Waals surface area contributed by atoms with E-state index in [-0.39, 0.29) is 5.78 Å². The van der Waals surface area contributed by atoms with Gasteiger partial charge in [0.25, 0.3) is 0 Å². The van der Waals surface area contributed by atoms with Crippen LogP contribution in [-0.4, -0.2) is 32.5 Å². The first-order valence-corrected chi connectivity index (χ1v) is 6.74. The summed E-state index contributed by atoms with van der Waals surface area (Å²) >= 11 is 3.56. The van der Waals surface area contributed by atoms with E-state index in [0.29, 0.717) is 6.54 Å². The Balaban J connectivity index is 2.19. The van der Waals surface area contributed by atoms with Gasteiger partial charge in [-0.25, -0.2) is 0 Å². The van der Waals surface area contributed by atoms with Crippen molar-refractivity contribution in [2.45, 2.75) is 12.8 Å². The van der Waals surface area contributed by atoms with Gasteiger partial charge in [-0.1, -0.05) is 0 Å². The third-order valence-corrected chi connectivity index (χ3v) is 3.69. The summed E-state index contributed by atoms with van der Waals surface area (Å²) < 4.78 is 1.02. The van der Waals surface area contributed by atoms with Crippen molar-refractivity contribution in [2.75, 3.05) is 31.6 Å². The summed E-state index contributed by atoms with van der Waals surface area (Å²) in [5.41, 5.74) is 1.96. The molecule has 3 nitrogen and oxygen atoms in total. The topological polar surface area (TPSA) is 32.3 Å². The molecule has 0 saturated carbocycles. The Hall–Kier alpha value is -0.870. The zero-order chi connectivity index (χ0) is 12.3. The van der Waals surface area contributed by atoms with E-state index in [1.54, 1.807) is 7.05 Å². The number of nitrogens with zero attached hydrogens (tertiary/aromatic N) is 1. The molecular weight excluding hydrogens is 280 g/mol. The van der Waals surface area contributed by atoms with Crippen LogP contribution in [0.2, 0.25) is 0 Å². The molecular formula is C13H17BrN2O. The largest absolute Gasteiger partial charge is 0.371 e. The van der Waals surface area contributed by atoms with Gasteiger partial charge >= 0.3 is 0 Å². The Labute approximate surface area is 110 Å². The van der Waals surface area contributed by atoms with Crippen molar-refractivity contribution in [2.24, 2.45) is 0 Å². The number of nitrogens with one attached hydrogen (secondary N) is 1. The number of halogens is 1. The van der Waals surface area contributed by atoms with E-state index >= 15 is 0 Å². The summed E-state index contributed by atoms with van der Waals surface area (Å²) in [5, 5.41) is 2.88. The van der Waals surface area contributed by atoms with Crippen LogP contribution >= 0.6 is 15.9 Å². The minimum absolute atomic E-state index is 0.126. The van der Waals surface area contributed by atoms with Crippen LogP contribution < -0.4 is 10.2 Å². The van der Waals surface area contributed by atoms with Gasteiger partial charge < -0.3 is 10.2 Å². The van der Waals surface area contributed by atoms with E-state index in [0.717, 1.165) is 23.1 Å². The van der Waals surface area contributed by atoms with E-state index in [4.69, 9.17) is 0 Å². The minimum Gasteiger partial charge on any atom is -0.371 e. The average Bonchev–Trinajstić information content (AvgIpc) is 2.82. The molecule has 1 aromatic rings. The molecule has 2 rings (SSSR count). The Bertz CT molecular complexity index is 414. The smallest absolute Gasteiger partial charge is 0.176 e. The van der Waals surface area contributed by atoms with Gasteiger partial charge in [-0.2, -0.15) is 0 Å². The van der Waals surface area contributed by atoms with E-state index < -0.39 is 0 Å². The predicted molar refractivity (Wildman–Crippen MR) is 73.8 cm³/mol. The Morgan fingerprint density at radius 3 is 2.71 bits per heavy atom. The van der Waals surface area contributed by atoms with Gasteiger partial charge in [0.05, 0.1) is 12.2 Å². The fourth-order valence-corrected chi connectivity index (χ4v) is 2.79. The molecule has 1 N–H and O–H groups in total. The lowest BCUT2D eigenvalue weighted by atomic mass is 10.1. The SMILES string of the molecule is CNCC(=O)c1ccc(N2CCCC2)c(Br)c1. The maximum atomic E-state index is 11.7. The zero-order valence-electron chi connectivity index (χ0n) is 10.0. The molecule has 0 spiro atoms. The van der Waals surface area contributed by atoms with Gasteiger partial charge in [0, 0.05) is 23.1 Å². The normalized spacial score (nSPS) is 15.3. The third-order valence-electron chi connectivity index (χ3n) is 3.05. The quantitative estimate of drug-likeness (QED) is 0.866. The van der Waals surface area contributed by atoms with Gasteiger partial charge in [-0.15, -0.1) is 0 Å².